The van der Waals surface area contributed by atoms with Gasteiger partial charge in [-0.05, 0) is 19.3 Å². The lowest BCUT2D eigenvalue weighted by atomic mass is 9.98. The van der Waals surface area contributed by atoms with Gasteiger partial charge in [-0.15, -0.1) is 0 Å². The number of hydrogen-bond donors (Lipinski definition) is 0. The van der Waals surface area contributed by atoms with Crippen LogP contribution in [0.5, 0.6) is 0 Å². The van der Waals surface area contributed by atoms with Gasteiger partial charge in [0.25, 0.3) is 0 Å². The van der Waals surface area contributed by atoms with Crippen LogP contribution in [0.25, 0.3) is 0 Å². The zero-order valence-corrected chi connectivity index (χ0v) is 7.64. The molecule has 11 heavy (non-hydrogen) atoms. The van der Waals surface area contributed by atoms with Crippen molar-refractivity contribution in [2.45, 2.75) is 58.0 Å². The van der Waals surface area contributed by atoms with Crippen molar-refractivity contribution in [1.29, 1.82) is 0 Å². The average molecular weight is 156 g/mol. The van der Waals surface area contributed by atoms with E-state index in [-0.39, 0.29) is 0 Å². The molecule has 1 aliphatic carbocycles. The molecule has 0 atom stereocenters. The molecule has 0 aromatic carbocycles. The summed E-state index contributed by atoms with van der Waals surface area (Å²) in [6.45, 7) is 3.20. The van der Waals surface area contributed by atoms with Crippen molar-refractivity contribution in [3.8, 4) is 0 Å². The lowest BCUT2D eigenvalue weighted by molar-refractivity contribution is 0.0269. The Balaban J connectivity index is 1.96. The van der Waals surface area contributed by atoms with Crippen LogP contribution in [0.1, 0.15) is 51.9 Å². The summed E-state index contributed by atoms with van der Waals surface area (Å²) in [5.41, 5.74) is 0. The minimum absolute atomic E-state index is 0.607. The normalized spacial score (nSPS) is 20.5. The van der Waals surface area contributed by atoms with Crippen LogP contribution in [-0.2, 0) is 4.74 Å². The van der Waals surface area contributed by atoms with E-state index in [0.29, 0.717) is 6.10 Å². The first-order valence-corrected chi connectivity index (χ1v) is 5.05. The topological polar surface area (TPSA) is 9.23 Å². The van der Waals surface area contributed by atoms with E-state index < -0.39 is 0 Å². The van der Waals surface area contributed by atoms with Gasteiger partial charge in [-0.3, -0.25) is 0 Å². The molecule has 0 heterocycles. The molecule has 0 aromatic rings. The van der Waals surface area contributed by atoms with Crippen LogP contribution in [0.4, 0.5) is 0 Å². The van der Waals surface area contributed by atoms with Crippen molar-refractivity contribution in [1.82, 2.24) is 0 Å². The minimum atomic E-state index is 0.607. The first-order chi connectivity index (χ1) is 5.43. The van der Waals surface area contributed by atoms with Crippen LogP contribution in [0, 0.1) is 0 Å². The van der Waals surface area contributed by atoms with E-state index in [1.807, 2.05) is 0 Å². The van der Waals surface area contributed by atoms with Gasteiger partial charge in [-0.25, -0.2) is 0 Å². The maximum absolute atomic E-state index is 5.72. The van der Waals surface area contributed by atoms with Gasteiger partial charge < -0.3 is 4.74 Å². The molecule has 1 aliphatic rings. The Bertz CT molecular complexity index is 84.9. The van der Waals surface area contributed by atoms with Gasteiger partial charge >= 0.3 is 0 Å². The maximum Gasteiger partial charge on any atom is 0.0575 e. The van der Waals surface area contributed by atoms with Gasteiger partial charge in [0, 0.05) is 6.61 Å². The summed E-state index contributed by atoms with van der Waals surface area (Å²) >= 11 is 0. The van der Waals surface area contributed by atoms with Crippen molar-refractivity contribution in [2.75, 3.05) is 6.61 Å². The third kappa shape index (κ3) is 3.76. The van der Waals surface area contributed by atoms with Gasteiger partial charge in [0.05, 0.1) is 6.10 Å². The van der Waals surface area contributed by atoms with E-state index in [1.54, 1.807) is 0 Å². The Labute approximate surface area is 70.1 Å². The molecule has 0 spiro atoms. The molecule has 0 aromatic heterocycles. The van der Waals surface area contributed by atoms with Crippen LogP contribution in [0.15, 0.2) is 0 Å². The average Bonchev–Trinajstić information content (AvgIpc) is 2.07. The fraction of sp³-hybridized carbons (Fsp3) is 1.00. The molecule has 1 rings (SSSR count). The van der Waals surface area contributed by atoms with Crippen LogP contribution < -0.4 is 0 Å². The van der Waals surface area contributed by atoms with Crippen LogP contribution in [0.3, 0.4) is 0 Å². The molecule has 0 N–H and O–H groups in total. The third-order valence-corrected chi connectivity index (χ3v) is 2.40. The Morgan fingerprint density at radius 1 is 1.18 bits per heavy atom. The van der Waals surface area contributed by atoms with Crippen molar-refractivity contribution >= 4 is 0 Å². The highest BCUT2D eigenvalue weighted by molar-refractivity contribution is 4.64. The van der Waals surface area contributed by atoms with E-state index in [1.165, 1.54) is 44.9 Å². The third-order valence-electron chi connectivity index (χ3n) is 2.40. The largest absolute Gasteiger partial charge is 0.378 e. The number of hydrogen-bond acceptors (Lipinski definition) is 1. The van der Waals surface area contributed by atoms with E-state index in [4.69, 9.17) is 4.74 Å². The zero-order valence-electron chi connectivity index (χ0n) is 7.64. The smallest absolute Gasteiger partial charge is 0.0575 e. The van der Waals surface area contributed by atoms with E-state index >= 15 is 0 Å². The molecule has 1 saturated carbocycles. The first-order valence-electron chi connectivity index (χ1n) is 5.05. The van der Waals surface area contributed by atoms with Gasteiger partial charge in [-0.2, -0.15) is 0 Å². The lowest BCUT2D eigenvalue weighted by Crippen LogP contribution is -2.16. The molecule has 1 nitrogen and oxygen atoms in total. The quantitative estimate of drug-likeness (QED) is 0.568. The van der Waals surface area contributed by atoms with Crippen molar-refractivity contribution in [3.05, 3.63) is 0 Å². The van der Waals surface area contributed by atoms with Crippen LogP contribution >= 0.6 is 0 Å². The molecule has 0 amide bonds. The number of ether oxygens (including phenoxy) is 1. The predicted octanol–water partition coefficient (Wildman–Crippen LogP) is 3.14. The highest BCUT2D eigenvalue weighted by Crippen LogP contribution is 2.20. The van der Waals surface area contributed by atoms with E-state index in [9.17, 15) is 0 Å². The number of unbranched alkanes of at least 4 members (excludes halogenated alkanes) is 1. The second-order valence-electron chi connectivity index (χ2n) is 3.48. The second-order valence-corrected chi connectivity index (χ2v) is 3.48. The molecule has 1 heteroatoms. The standard InChI is InChI=1S/C10H20O/c1-2-3-9-11-10-7-5-4-6-8-10/h10H,2-9H2,1H3. The van der Waals surface area contributed by atoms with Crippen molar-refractivity contribution in [2.24, 2.45) is 0 Å². The lowest BCUT2D eigenvalue weighted by Gasteiger charge is -2.21. The Hall–Kier alpha value is -0.0400. The highest BCUT2D eigenvalue weighted by atomic mass is 16.5. The summed E-state index contributed by atoms with van der Waals surface area (Å²) < 4.78 is 5.72. The molecular weight excluding hydrogens is 136 g/mol. The molecule has 0 saturated heterocycles. The molecule has 0 bridgehead atoms. The molecule has 0 radical (unpaired) electrons. The summed E-state index contributed by atoms with van der Waals surface area (Å²) in [5, 5.41) is 0. The van der Waals surface area contributed by atoms with Gasteiger partial charge in [0.1, 0.15) is 0 Å². The highest BCUT2D eigenvalue weighted by Gasteiger charge is 2.12. The van der Waals surface area contributed by atoms with Crippen molar-refractivity contribution < 1.29 is 4.74 Å². The molecule has 0 aliphatic heterocycles. The summed E-state index contributed by atoms with van der Waals surface area (Å²) in [4.78, 5) is 0. The van der Waals surface area contributed by atoms with E-state index in [0.717, 1.165) is 6.61 Å². The summed E-state index contributed by atoms with van der Waals surface area (Å²) in [5.74, 6) is 0. The maximum atomic E-state index is 5.72. The van der Waals surface area contributed by atoms with Gasteiger partial charge in [0.15, 0.2) is 0 Å². The Kier molecular flexibility index (Phi) is 4.60. The zero-order chi connectivity index (χ0) is 7.94. The fourth-order valence-corrected chi connectivity index (χ4v) is 1.63. The second kappa shape index (κ2) is 5.59. The minimum Gasteiger partial charge on any atom is -0.378 e. The van der Waals surface area contributed by atoms with Crippen molar-refractivity contribution in [3.63, 3.8) is 0 Å². The van der Waals surface area contributed by atoms with Crippen LogP contribution in [0.2, 0.25) is 0 Å². The Morgan fingerprint density at radius 3 is 2.55 bits per heavy atom. The summed E-state index contributed by atoms with van der Waals surface area (Å²) in [6, 6.07) is 0. The fourth-order valence-electron chi connectivity index (χ4n) is 1.63. The monoisotopic (exact) mass is 156 g/mol. The summed E-state index contributed by atoms with van der Waals surface area (Å²) in [7, 11) is 0. The SMILES string of the molecule is CCCCOC1CCCCC1. The first kappa shape index (κ1) is 9.05. The predicted molar refractivity (Wildman–Crippen MR) is 47.7 cm³/mol. The molecular formula is C10H20O. The van der Waals surface area contributed by atoms with E-state index in [2.05, 4.69) is 6.92 Å². The molecule has 1 fully saturated rings. The van der Waals surface area contributed by atoms with Gasteiger partial charge in [-0.1, -0.05) is 32.6 Å². The number of rotatable bonds is 4. The molecule has 0 unspecified atom stereocenters. The molecule has 66 valence electrons. The van der Waals surface area contributed by atoms with Gasteiger partial charge in [0.2, 0.25) is 0 Å². The van der Waals surface area contributed by atoms with Crippen LogP contribution in [-0.4, -0.2) is 12.7 Å². The summed E-state index contributed by atoms with van der Waals surface area (Å²) in [6.07, 6.45) is 9.91. The Morgan fingerprint density at radius 2 is 1.91 bits per heavy atom.